The highest BCUT2D eigenvalue weighted by atomic mass is 32.1. The van der Waals surface area contributed by atoms with Gasteiger partial charge >= 0.3 is 0 Å². The summed E-state index contributed by atoms with van der Waals surface area (Å²) in [5, 5.41) is 7.01. The van der Waals surface area contributed by atoms with E-state index in [1.165, 1.54) is 43.1 Å². The summed E-state index contributed by atoms with van der Waals surface area (Å²) in [5.41, 5.74) is 7.67. The fourth-order valence-corrected chi connectivity index (χ4v) is 6.64. The second kappa shape index (κ2) is 12.3. The van der Waals surface area contributed by atoms with Crippen LogP contribution in [0.5, 0.6) is 0 Å². The van der Waals surface area contributed by atoms with Gasteiger partial charge in [0.25, 0.3) is 11.8 Å². The molecule has 4 N–H and O–H groups in total. The van der Waals surface area contributed by atoms with Gasteiger partial charge in [0.1, 0.15) is 16.6 Å². The highest BCUT2D eigenvalue weighted by molar-refractivity contribution is 7.10. The molecular formula is C30H37FN8O2S. The Balaban J connectivity index is 1.15. The van der Waals surface area contributed by atoms with Crippen molar-refractivity contribution in [2.45, 2.75) is 76.4 Å². The molecule has 1 aromatic carbocycles. The lowest BCUT2D eigenvalue weighted by Crippen LogP contribution is -2.54. The minimum Gasteiger partial charge on any atom is -0.364 e. The summed E-state index contributed by atoms with van der Waals surface area (Å²) in [4.78, 5) is 38.8. The largest absolute Gasteiger partial charge is 0.364 e. The maximum atomic E-state index is 14.8. The summed E-state index contributed by atoms with van der Waals surface area (Å²) in [5.74, 6) is -0.334. The van der Waals surface area contributed by atoms with Crippen LogP contribution in [0.2, 0.25) is 0 Å². The molecule has 2 aliphatic heterocycles. The second-order valence-electron chi connectivity index (χ2n) is 11.6. The Bertz CT molecular complexity index is 1450. The van der Waals surface area contributed by atoms with Crippen molar-refractivity contribution in [2.75, 3.05) is 29.9 Å². The van der Waals surface area contributed by atoms with Crippen LogP contribution < -0.4 is 21.3 Å². The van der Waals surface area contributed by atoms with Crippen LogP contribution in [0.3, 0.4) is 0 Å². The van der Waals surface area contributed by atoms with Crippen molar-refractivity contribution in [3.05, 3.63) is 58.8 Å². The first-order chi connectivity index (χ1) is 20.4. The van der Waals surface area contributed by atoms with Crippen LogP contribution in [0.25, 0.3) is 0 Å². The van der Waals surface area contributed by atoms with E-state index >= 15 is 0 Å². The highest BCUT2D eigenvalue weighted by Gasteiger charge is 2.32. The van der Waals surface area contributed by atoms with Crippen LogP contribution in [-0.4, -0.2) is 62.8 Å². The number of benzene rings is 1. The number of hydrogen-bond acceptors (Lipinski definition) is 9. The Morgan fingerprint density at radius 3 is 2.64 bits per heavy atom. The minimum absolute atomic E-state index is 0.0457. The first-order valence-electron chi connectivity index (χ1n) is 14.8. The zero-order chi connectivity index (χ0) is 29.2. The van der Waals surface area contributed by atoms with E-state index in [4.69, 9.17) is 10.7 Å². The summed E-state index contributed by atoms with van der Waals surface area (Å²) in [6.45, 7) is 5.65. The molecule has 0 spiro atoms. The van der Waals surface area contributed by atoms with Gasteiger partial charge in [-0.1, -0.05) is 12.5 Å². The third-order valence-corrected chi connectivity index (χ3v) is 9.26. The van der Waals surface area contributed by atoms with Crippen LogP contribution in [0.4, 0.5) is 21.0 Å². The van der Waals surface area contributed by atoms with Gasteiger partial charge in [-0.25, -0.2) is 14.4 Å². The SMILES string of the molecule is C[C@@H]1[C@H](NC(=O)c2ccc(C3CC3)cc2F)CCCN1c1cnc(C(N)=O)c(Nc2cc(CN3CCCCC3)ns2)n1. The summed E-state index contributed by atoms with van der Waals surface area (Å²) in [6.07, 6.45) is 8.94. The van der Waals surface area contributed by atoms with Crippen LogP contribution in [0.15, 0.2) is 30.5 Å². The molecule has 2 atom stereocenters. The molecule has 3 aliphatic rings. The number of halogens is 1. The highest BCUT2D eigenvalue weighted by Crippen LogP contribution is 2.40. The summed E-state index contributed by atoms with van der Waals surface area (Å²) in [7, 11) is 0. The predicted octanol–water partition coefficient (Wildman–Crippen LogP) is 4.57. The Labute approximate surface area is 249 Å². The van der Waals surface area contributed by atoms with Gasteiger partial charge in [-0.05, 0) is 99.8 Å². The summed E-state index contributed by atoms with van der Waals surface area (Å²) < 4.78 is 19.4. The van der Waals surface area contributed by atoms with E-state index in [0.29, 0.717) is 18.3 Å². The van der Waals surface area contributed by atoms with Crippen molar-refractivity contribution < 1.29 is 14.0 Å². The fourth-order valence-electron chi connectivity index (χ4n) is 5.99. The van der Waals surface area contributed by atoms with Crippen molar-refractivity contribution in [2.24, 2.45) is 5.73 Å². The number of hydrogen-bond donors (Lipinski definition) is 3. The average Bonchev–Trinajstić information content (AvgIpc) is 3.75. The van der Waals surface area contributed by atoms with Crippen molar-refractivity contribution in [3.8, 4) is 0 Å². The molecule has 1 saturated carbocycles. The smallest absolute Gasteiger partial charge is 0.271 e. The van der Waals surface area contributed by atoms with E-state index in [-0.39, 0.29) is 29.2 Å². The van der Waals surface area contributed by atoms with Gasteiger partial charge in [0.05, 0.1) is 17.5 Å². The van der Waals surface area contributed by atoms with E-state index < -0.39 is 17.6 Å². The number of rotatable bonds is 9. The van der Waals surface area contributed by atoms with Crippen LogP contribution in [-0.2, 0) is 6.54 Å². The number of aromatic nitrogens is 3. The van der Waals surface area contributed by atoms with Gasteiger partial charge in [0.15, 0.2) is 11.5 Å². The second-order valence-corrected chi connectivity index (χ2v) is 12.4. The van der Waals surface area contributed by atoms with Crippen molar-refractivity contribution in [1.29, 1.82) is 0 Å². The van der Waals surface area contributed by atoms with Crippen molar-refractivity contribution >= 4 is 40.0 Å². The molecule has 0 radical (unpaired) electrons. The molecule has 3 fully saturated rings. The van der Waals surface area contributed by atoms with Crippen molar-refractivity contribution in [3.63, 3.8) is 0 Å². The van der Waals surface area contributed by atoms with Crippen LogP contribution in [0.1, 0.15) is 89.9 Å². The zero-order valence-electron chi connectivity index (χ0n) is 23.8. The Kier molecular flexibility index (Phi) is 8.34. The van der Waals surface area contributed by atoms with E-state index in [1.54, 1.807) is 6.07 Å². The molecule has 0 unspecified atom stereocenters. The Hall–Kier alpha value is -3.64. The van der Waals surface area contributed by atoms with Crippen molar-refractivity contribution in [1.82, 2.24) is 24.6 Å². The molecule has 42 heavy (non-hydrogen) atoms. The Morgan fingerprint density at radius 2 is 1.90 bits per heavy atom. The molecule has 0 bridgehead atoms. The lowest BCUT2D eigenvalue weighted by atomic mass is 9.96. The lowest BCUT2D eigenvalue weighted by molar-refractivity contribution is 0.0919. The number of primary amides is 1. The molecule has 2 aromatic heterocycles. The normalized spacial score (nSPS) is 21.2. The average molecular weight is 593 g/mol. The molecule has 1 aliphatic carbocycles. The lowest BCUT2D eigenvalue weighted by Gasteiger charge is -2.40. The zero-order valence-corrected chi connectivity index (χ0v) is 24.6. The number of nitrogens with zero attached hydrogens (tertiary/aromatic N) is 5. The molecular weight excluding hydrogens is 555 g/mol. The molecule has 6 rings (SSSR count). The third-order valence-electron chi connectivity index (χ3n) is 8.51. The third kappa shape index (κ3) is 6.39. The molecule has 3 aromatic rings. The number of carbonyl (C=O) groups excluding carboxylic acids is 2. The molecule has 2 amide bonds. The van der Waals surface area contributed by atoms with Gasteiger partial charge in [-0.15, -0.1) is 0 Å². The number of nitrogens with two attached hydrogens (primary N) is 1. The number of piperidine rings is 2. The number of nitrogens with one attached hydrogen (secondary N) is 2. The van der Waals surface area contributed by atoms with E-state index in [9.17, 15) is 14.0 Å². The topological polar surface area (TPSA) is 129 Å². The molecule has 10 nitrogen and oxygen atoms in total. The van der Waals surface area contributed by atoms with E-state index in [1.807, 2.05) is 19.1 Å². The van der Waals surface area contributed by atoms with Gasteiger partial charge in [-0.2, -0.15) is 4.37 Å². The van der Waals surface area contributed by atoms with Gasteiger partial charge in [0.2, 0.25) is 0 Å². The molecule has 4 heterocycles. The maximum absolute atomic E-state index is 14.8. The fraction of sp³-hybridized carbons (Fsp3) is 0.500. The quantitative estimate of drug-likeness (QED) is 0.330. The molecule has 222 valence electrons. The van der Waals surface area contributed by atoms with Crippen LogP contribution >= 0.6 is 11.5 Å². The first kappa shape index (κ1) is 28.5. The molecule has 2 saturated heterocycles. The number of likely N-dealkylation sites (tertiary alicyclic amines) is 1. The standard InChI is InChI=1S/C30H37FN8O2S/c1-18-24(34-30(41)22-10-9-20(14-23(22)31)19-7-8-19)6-5-13-39(18)25-16-33-27(28(32)40)29(35-25)36-26-15-21(37-42-26)17-38-11-3-2-4-12-38/h9-10,14-16,18-19,24H,2-8,11-13,17H2,1H3,(H2,32,40)(H,34,41)(H,35,36)/t18-,24-/m1/s1. The van der Waals surface area contributed by atoms with E-state index in [2.05, 4.69) is 29.8 Å². The summed E-state index contributed by atoms with van der Waals surface area (Å²) >= 11 is 1.31. The number of anilines is 3. The first-order valence-corrected chi connectivity index (χ1v) is 15.6. The summed E-state index contributed by atoms with van der Waals surface area (Å²) in [6, 6.07) is 6.56. The van der Waals surface area contributed by atoms with Gasteiger partial charge < -0.3 is 21.3 Å². The maximum Gasteiger partial charge on any atom is 0.271 e. The predicted molar refractivity (Wildman–Crippen MR) is 161 cm³/mol. The Morgan fingerprint density at radius 1 is 1.10 bits per heavy atom. The van der Waals surface area contributed by atoms with Gasteiger partial charge in [0, 0.05) is 25.2 Å². The minimum atomic E-state index is -0.679. The number of carbonyl (C=O) groups is 2. The molecule has 12 heteroatoms. The number of amides is 2. The van der Waals surface area contributed by atoms with Crippen LogP contribution in [0, 0.1) is 5.82 Å². The monoisotopic (exact) mass is 592 g/mol. The van der Waals surface area contributed by atoms with E-state index in [0.717, 1.165) is 61.6 Å². The van der Waals surface area contributed by atoms with Gasteiger partial charge in [-0.3, -0.25) is 14.5 Å².